The maximum Gasteiger partial charge on any atom is 0.224 e. The van der Waals surface area contributed by atoms with Gasteiger partial charge in [0.15, 0.2) is 0 Å². The average Bonchev–Trinajstić information content (AvgIpc) is 2.15. The van der Waals surface area contributed by atoms with E-state index in [1.165, 1.54) is 0 Å². The maximum absolute atomic E-state index is 11.3. The largest absolute Gasteiger partial charge is 0.355 e. The fourth-order valence-electron chi connectivity index (χ4n) is 1.08. The number of rotatable bonds is 4. The van der Waals surface area contributed by atoms with Gasteiger partial charge in [-0.1, -0.05) is 46.3 Å². The molecule has 1 N–H and O–H groups in total. The molecule has 1 amide bonds. The van der Waals surface area contributed by atoms with Crippen LogP contribution in [0.3, 0.4) is 0 Å². The zero-order valence-corrected chi connectivity index (χ0v) is 10.5. The predicted octanol–water partition coefficient (Wildman–Crippen LogP) is 2.43. The van der Waals surface area contributed by atoms with Crippen LogP contribution >= 0.6 is 34.2 Å². The van der Waals surface area contributed by atoms with Crippen LogP contribution in [0.1, 0.15) is 5.56 Å². The summed E-state index contributed by atoms with van der Waals surface area (Å²) in [6.45, 7) is 0.722. The van der Waals surface area contributed by atoms with Crippen LogP contribution in [0.2, 0.25) is 5.02 Å². The van der Waals surface area contributed by atoms with Crippen molar-refractivity contribution in [3.63, 3.8) is 0 Å². The van der Waals surface area contributed by atoms with Crippen molar-refractivity contribution in [2.75, 3.05) is 11.0 Å². The van der Waals surface area contributed by atoms with E-state index in [0.717, 1.165) is 16.5 Å². The van der Waals surface area contributed by atoms with Crippen LogP contribution in [0, 0.1) is 0 Å². The first-order chi connectivity index (χ1) is 6.72. The number of halogens is 2. The molecule has 0 aliphatic heterocycles. The maximum atomic E-state index is 11.3. The molecule has 0 radical (unpaired) electrons. The summed E-state index contributed by atoms with van der Waals surface area (Å²) in [5.74, 6) is 0.0453. The molecule has 0 atom stereocenters. The van der Waals surface area contributed by atoms with Gasteiger partial charge in [0.1, 0.15) is 0 Å². The van der Waals surface area contributed by atoms with Crippen LogP contribution in [0.15, 0.2) is 24.3 Å². The average molecular weight is 324 g/mol. The van der Waals surface area contributed by atoms with E-state index < -0.39 is 0 Å². The molecule has 0 heterocycles. The summed E-state index contributed by atoms with van der Waals surface area (Å²) in [5, 5.41) is 3.48. The summed E-state index contributed by atoms with van der Waals surface area (Å²) >= 11 is 8.02. The van der Waals surface area contributed by atoms with E-state index in [2.05, 4.69) is 27.9 Å². The summed E-state index contributed by atoms with van der Waals surface area (Å²) < 4.78 is 0.930. The second kappa shape index (κ2) is 6.24. The van der Waals surface area contributed by atoms with Gasteiger partial charge in [-0.25, -0.2) is 0 Å². The lowest BCUT2D eigenvalue weighted by molar-refractivity contribution is -0.120. The van der Waals surface area contributed by atoms with Crippen LogP contribution < -0.4 is 5.32 Å². The topological polar surface area (TPSA) is 29.1 Å². The number of carbonyl (C=O) groups excluding carboxylic acids is 1. The molecule has 0 unspecified atom stereocenters. The van der Waals surface area contributed by atoms with Crippen molar-refractivity contribution < 1.29 is 4.79 Å². The lowest BCUT2D eigenvalue weighted by Gasteiger charge is -2.03. The Morgan fingerprint density at radius 1 is 1.50 bits per heavy atom. The first-order valence-electron chi connectivity index (χ1n) is 4.29. The molecular weight excluding hydrogens is 312 g/mol. The number of alkyl halides is 1. The number of hydrogen-bond acceptors (Lipinski definition) is 1. The molecule has 0 bridgehead atoms. The molecule has 4 heteroatoms. The third kappa shape index (κ3) is 4.28. The van der Waals surface area contributed by atoms with Gasteiger partial charge in [0.25, 0.3) is 0 Å². The van der Waals surface area contributed by atoms with Gasteiger partial charge in [0.05, 0.1) is 6.42 Å². The second-order valence-corrected chi connectivity index (χ2v) is 4.36. The SMILES string of the molecule is O=C(Cc1cccc(Cl)c1)NCCI. The molecule has 1 rings (SSSR count). The molecule has 0 saturated heterocycles. The van der Waals surface area contributed by atoms with Crippen molar-refractivity contribution in [1.82, 2.24) is 5.32 Å². The Morgan fingerprint density at radius 2 is 2.29 bits per heavy atom. The standard InChI is InChI=1S/C10H11ClINO/c11-9-3-1-2-8(6-9)7-10(14)13-5-4-12/h1-3,6H,4-5,7H2,(H,13,14). The smallest absolute Gasteiger partial charge is 0.224 e. The van der Waals surface area contributed by atoms with Crippen molar-refractivity contribution in [3.05, 3.63) is 34.9 Å². The number of carbonyl (C=O) groups is 1. The van der Waals surface area contributed by atoms with Crippen LogP contribution in [0.25, 0.3) is 0 Å². The lowest BCUT2D eigenvalue weighted by atomic mass is 10.1. The summed E-state index contributed by atoms with van der Waals surface area (Å²) in [5.41, 5.74) is 0.948. The van der Waals surface area contributed by atoms with Crippen molar-refractivity contribution in [1.29, 1.82) is 0 Å². The zero-order valence-electron chi connectivity index (χ0n) is 7.59. The van der Waals surface area contributed by atoms with Gasteiger partial charge in [0, 0.05) is 16.0 Å². The third-order valence-corrected chi connectivity index (χ3v) is 2.44. The minimum absolute atomic E-state index is 0.0453. The molecule has 1 aromatic rings. The molecule has 76 valence electrons. The predicted molar refractivity (Wildman–Crippen MR) is 67.1 cm³/mol. The monoisotopic (exact) mass is 323 g/mol. The fraction of sp³-hybridized carbons (Fsp3) is 0.300. The van der Waals surface area contributed by atoms with E-state index >= 15 is 0 Å². The minimum atomic E-state index is 0.0453. The van der Waals surface area contributed by atoms with E-state index in [1.54, 1.807) is 6.07 Å². The molecule has 0 spiro atoms. The minimum Gasteiger partial charge on any atom is -0.355 e. The van der Waals surface area contributed by atoms with Crippen molar-refractivity contribution in [2.24, 2.45) is 0 Å². The molecule has 0 fully saturated rings. The Labute approximate surface area is 102 Å². The first-order valence-corrected chi connectivity index (χ1v) is 6.20. The van der Waals surface area contributed by atoms with E-state index in [9.17, 15) is 4.79 Å². The molecule has 1 aromatic carbocycles. The Kier molecular flexibility index (Phi) is 5.25. The van der Waals surface area contributed by atoms with Crippen LogP contribution in [-0.4, -0.2) is 16.9 Å². The normalized spacial score (nSPS) is 9.86. The molecule has 0 aromatic heterocycles. The number of nitrogens with one attached hydrogen (secondary N) is 1. The van der Waals surface area contributed by atoms with Gasteiger partial charge < -0.3 is 5.32 Å². The Hall–Kier alpha value is -0.290. The van der Waals surface area contributed by atoms with Gasteiger partial charge in [-0.3, -0.25) is 4.79 Å². The highest BCUT2D eigenvalue weighted by molar-refractivity contribution is 14.1. The van der Waals surface area contributed by atoms with Crippen molar-refractivity contribution >= 4 is 40.1 Å². The van der Waals surface area contributed by atoms with E-state index in [1.807, 2.05) is 18.2 Å². The zero-order chi connectivity index (χ0) is 10.4. The first kappa shape index (κ1) is 11.8. The third-order valence-electron chi connectivity index (χ3n) is 1.67. The highest BCUT2D eigenvalue weighted by Gasteiger charge is 2.02. The molecule has 0 aliphatic carbocycles. The quantitative estimate of drug-likeness (QED) is 0.669. The summed E-state index contributed by atoms with van der Waals surface area (Å²) in [7, 11) is 0. The van der Waals surface area contributed by atoms with Gasteiger partial charge in [-0.15, -0.1) is 0 Å². The van der Waals surface area contributed by atoms with Crippen LogP contribution in [0.4, 0.5) is 0 Å². The highest BCUT2D eigenvalue weighted by atomic mass is 127. The van der Waals surface area contributed by atoms with Gasteiger partial charge >= 0.3 is 0 Å². The second-order valence-electron chi connectivity index (χ2n) is 2.85. The van der Waals surface area contributed by atoms with Gasteiger partial charge in [0.2, 0.25) is 5.91 Å². The van der Waals surface area contributed by atoms with Crippen LogP contribution in [0.5, 0.6) is 0 Å². The van der Waals surface area contributed by atoms with Crippen molar-refractivity contribution in [2.45, 2.75) is 6.42 Å². The van der Waals surface area contributed by atoms with Crippen molar-refractivity contribution in [3.8, 4) is 0 Å². The Morgan fingerprint density at radius 3 is 2.93 bits per heavy atom. The summed E-state index contributed by atoms with van der Waals surface area (Å²) in [6, 6.07) is 7.36. The number of hydrogen-bond donors (Lipinski definition) is 1. The molecule has 14 heavy (non-hydrogen) atoms. The van der Waals surface area contributed by atoms with E-state index in [0.29, 0.717) is 11.4 Å². The summed E-state index contributed by atoms with van der Waals surface area (Å²) in [6.07, 6.45) is 0.400. The van der Waals surface area contributed by atoms with Gasteiger partial charge in [-0.05, 0) is 17.7 Å². The summed E-state index contributed by atoms with van der Waals surface area (Å²) in [4.78, 5) is 11.3. The van der Waals surface area contributed by atoms with E-state index in [4.69, 9.17) is 11.6 Å². The Balaban J connectivity index is 2.47. The van der Waals surface area contributed by atoms with Gasteiger partial charge in [-0.2, -0.15) is 0 Å². The Bertz CT molecular complexity index is 317. The number of amides is 1. The molecular formula is C10H11ClINO. The molecule has 0 saturated carbocycles. The lowest BCUT2D eigenvalue weighted by Crippen LogP contribution is -2.26. The molecule has 0 aliphatic rings. The highest BCUT2D eigenvalue weighted by Crippen LogP contribution is 2.10. The van der Waals surface area contributed by atoms with Crippen LogP contribution in [-0.2, 0) is 11.2 Å². The number of benzene rings is 1. The fourth-order valence-corrected chi connectivity index (χ4v) is 1.56. The van der Waals surface area contributed by atoms with E-state index in [-0.39, 0.29) is 5.91 Å². The molecule has 2 nitrogen and oxygen atoms in total.